The van der Waals surface area contributed by atoms with Gasteiger partial charge < -0.3 is 15.0 Å². The van der Waals surface area contributed by atoms with Gasteiger partial charge in [-0.2, -0.15) is 0 Å². The molecule has 0 unspecified atom stereocenters. The zero-order chi connectivity index (χ0) is 27.4. The van der Waals surface area contributed by atoms with Gasteiger partial charge >= 0.3 is 0 Å². The molecule has 0 saturated carbocycles. The van der Waals surface area contributed by atoms with Crippen LogP contribution in [0.4, 0.5) is 0 Å². The Bertz CT molecular complexity index is 1270. The quantitative estimate of drug-likeness (QED) is 0.307. The van der Waals surface area contributed by atoms with Crippen LogP contribution in [0.15, 0.2) is 89.8 Å². The van der Waals surface area contributed by atoms with Crippen molar-refractivity contribution < 1.29 is 22.7 Å². The van der Waals surface area contributed by atoms with E-state index in [0.29, 0.717) is 31.7 Å². The normalized spacial score (nSPS) is 12.1. The molecule has 0 saturated heterocycles. The third-order valence-electron chi connectivity index (χ3n) is 5.99. The van der Waals surface area contributed by atoms with Crippen molar-refractivity contribution in [1.82, 2.24) is 14.9 Å². The standard InChI is InChI=1S/C29H35N3O5S/c1-3-31-38(35,36)26-17-14-23(15-18-26)16-19-27(33)32(22-24-10-6-4-7-11-24)28(25-12-8-5-9-13-25)29(34)30-20-21-37-2/h4-15,17-18,28,31H,3,16,19-22H2,1-2H3,(H,30,34)/t28-/m0/s1. The summed E-state index contributed by atoms with van der Waals surface area (Å²) >= 11 is 0. The van der Waals surface area contributed by atoms with Gasteiger partial charge in [-0.05, 0) is 35.2 Å². The van der Waals surface area contributed by atoms with Crippen LogP contribution in [-0.4, -0.2) is 51.9 Å². The second-order valence-electron chi connectivity index (χ2n) is 8.75. The molecule has 3 aromatic carbocycles. The van der Waals surface area contributed by atoms with Crippen molar-refractivity contribution in [3.8, 4) is 0 Å². The van der Waals surface area contributed by atoms with E-state index in [0.717, 1.165) is 11.1 Å². The number of nitrogens with one attached hydrogen (secondary N) is 2. The second-order valence-corrected chi connectivity index (χ2v) is 10.5. The highest BCUT2D eigenvalue weighted by atomic mass is 32.2. The number of amides is 2. The number of hydrogen-bond donors (Lipinski definition) is 2. The van der Waals surface area contributed by atoms with Gasteiger partial charge in [0.1, 0.15) is 6.04 Å². The summed E-state index contributed by atoms with van der Waals surface area (Å²) in [5.74, 6) is -0.468. The van der Waals surface area contributed by atoms with Gasteiger partial charge in [0.2, 0.25) is 21.8 Å². The molecule has 0 aromatic heterocycles. The number of methoxy groups -OCH3 is 1. The van der Waals surface area contributed by atoms with E-state index >= 15 is 0 Å². The van der Waals surface area contributed by atoms with Crippen molar-refractivity contribution in [3.63, 3.8) is 0 Å². The van der Waals surface area contributed by atoms with E-state index in [2.05, 4.69) is 10.0 Å². The number of hydrogen-bond acceptors (Lipinski definition) is 5. The van der Waals surface area contributed by atoms with Crippen molar-refractivity contribution >= 4 is 21.8 Å². The van der Waals surface area contributed by atoms with Gasteiger partial charge in [0.25, 0.3) is 0 Å². The first-order valence-corrected chi connectivity index (χ1v) is 14.1. The summed E-state index contributed by atoms with van der Waals surface area (Å²) in [5.41, 5.74) is 2.45. The lowest BCUT2D eigenvalue weighted by Gasteiger charge is -2.32. The molecule has 2 N–H and O–H groups in total. The first-order valence-electron chi connectivity index (χ1n) is 12.6. The van der Waals surface area contributed by atoms with Crippen molar-refractivity contribution in [3.05, 3.63) is 102 Å². The lowest BCUT2D eigenvalue weighted by Crippen LogP contribution is -2.44. The summed E-state index contributed by atoms with van der Waals surface area (Å²) in [4.78, 5) is 28.9. The Kier molecular flexibility index (Phi) is 11.0. The van der Waals surface area contributed by atoms with Crippen molar-refractivity contribution in [2.24, 2.45) is 0 Å². The molecule has 0 bridgehead atoms. The molecule has 0 radical (unpaired) electrons. The molecule has 3 rings (SSSR count). The smallest absolute Gasteiger partial charge is 0.247 e. The number of benzene rings is 3. The zero-order valence-electron chi connectivity index (χ0n) is 21.8. The molecule has 0 spiro atoms. The van der Waals surface area contributed by atoms with E-state index in [1.165, 1.54) is 12.1 Å². The Morgan fingerprint density at radius 1 is 0.895 bits per heavy atom. The van der Waals surface area contributed by atoms with Crippen LogP contribution in [0.5, 0.6) is 0 Å². The molecule has 9 heteroatoms. The third-order valence-corrected chi connectivity index (χ3v) is 7.55. The summed E-state index contributed by atoms with van der Waals surface area (Å²) in [6.07, 6.45) is 0.555. The highest BCUT2D eigenvalue weighted by Gasteiger charge is 2.31. The molecule has 0 aliphatic heterocycles. The first kappa shape index (κ1) is 29.0. The first-order chi connectivity index (χ1) is 18.4. The van der Waals surface area contributed by atoms with Gasteiger partial charge in [0, 0.05) is 33.2 Å². The number of ether oxygens (including phenoxy) is 1. The van der Waals surface area contributed by atoms with Gasteiger partial charge in [-0.15, -0.1) is 0 Å². The van der Waals surface area contributed by atoms with Crippen LogP contribution in [0, 0.1) is 0 Å². The van der Waals surface area contributed by atoms with Gasteiger partial charge in [-0.1, -0.05) is 79.7 Å². The SMILES string of the molecule is CCNS(=O)(=O)c1ccc(CCC(=O)N(Cc2ccccc2)[C@H](C(=O)NCCOC)c2ccccc2)cc1. The molecule has 2 amide bonds. The predicted octanol–water partition coefficient (Wildman–Crippen LogP) is 3.45. The lowest BCUT2D eigenvalue weighted by molar-refractivity contribution is -0.141. The molecule has 0 aliphatic carbocycles. The van der Waals surface area contributed by atoms with Crippen LogP contribution < -0.4 is 10.0 Å². The zero-order valence-corrected chi connectivity index (χ0v) is 22.6. The van der Waals surface area contributed by atoms with E-state index in [4.69, 9.17) is 4.74 Å². The van der Waals surface area contributed by atoms with Gasteiger partial charge in [0.15, 0.2) is 0 Å². The average Bonchev–Trinajstić information content (AvgIpc) is 2.93. The maximum absolute atomic E-state index is 13.7. The lowest BCUT2D eigenvalue weighted by atomic mass is 10.0. The Hall–Kier alpha value is -3.53. The van der Waals surface area contributed by atoms with Crippen LogP contribution in [0.3, 0.4) is 0 Å². The molecule has 8 nitrogen and oxygen atoms in total. The van der Waals surface area contributed by atoms with Crippen LogP contribution in [0.1, 0.15) is 36.1 Å². The van der Waals surface area contributed by atoms with Gasteiger partial charge in [-0.3, -0.25) is 9.59 Å². The van der Waals surface area contributed by atoms with Crippen LogP contribution >= 0.6 is 0 Å². The fourth-order valence-electron chi connectivity index (χ4n) is 4.09. The molecular weight excluding hydrogens is 502 g/mol. The monoisotopic (exact) mass is 537 g/mol. The van der Waals surface area contributed by atoms with E-state index in [1.807, 2.05) is 60.7 Å². The number of carbonyl (C=O) groups excluding carboxylic acids is 2. The largest absolute Gasteiger partial charge is 0.383 e. The minimum absolute atomic E-state index is 0.154. The van der Waals surface area contributed by atoms with Crippen molar-refractivity contribution in [1.29, 1.82) is 0 Å². The highest BCUT2D eigenvalue weighted by Crippen LogP contribution is 2.25. The van der Waals surface area contributed by atoms with Crippen molar-refractivity contribution in [2.45, 2.75) is 37.2 Å². The maximum Gasteiger partial charge on any atom is 0.247 e. The van der Waals surface area contributed by atoms with E-state index in [1.54, 1.807) is 31.1 Å². The number of nitrogens with zero attached hydrogens (tertiary/aromatic N) is 1. The highest BCUT2D eigenvalue weighted by molar-refractivity contribution is 7.89. The van der Waals surface area contributed by atoms with Gasteiger partial charge in [-0.25, -0.2) is 13.1 Å². The number of aryl methyl sites for hydroxylation is 1. The summed E-state index contributed by atoms with van der Waals surface area (Å²) in [6, 6.07) is 24.5. The van der Waals surface area contributed by atoms with Crippen LogP contribution in [0.2, 0.25) is 0 Å². The fourth-order valence-corrected chi connectivity index (χ4v) is 5.13. The Labute approximate surface area is 225 Å². The Morgan fingerprint density at radius 2 is 1.53 bits per heavy atom. The molecule has 0 heterocycles. The summed E-state index contributed by atoms with van der Waals surface area (Å²) < 4.78 is 32.0. The molecule has 3 aromatic rings. The predicted molar refractivity (Wildman–Crippen MR) is 147 cm³/mol. The number of carbonyl (C=O) groups is 2. The summed E-state index contributed by atoms with van der Waals surface area (Å²) in [7, 11) is -1.98. The average molecular weight is 538 g/mol. The molecular formula is C29H35N3O5S. The topological polar surface area (TPSA) is 105 Å². The Morgan fingerprint density at radius 3 is 2.13 bits per heavy atom. The molecule has 202 valence electrons. The molecule has 38 heavy (non-hydrogen) atoms. The number of sulfonamides is 1. The van der Waals surface area contributed by atoms with E-state index in [9.17, 15) is 18.0 Å². The second kappa shape index (κ2) is 14.4. The molecule has 0 aliphatic rings. The summed E-state index contributed by atoms with van der Waals surface area (Å²) in [6.45, 7) is 2.97. The number of rotatable bonds is 14. The Balaban J connectivity index is 1.85. The maximum atomic E-state index is 13.7. The molecule has 0 fully saturated rings. The minimum atomic E-state index is -3.55. The third kappa shape index (κ3) is 8.24. The summed E-state index contributed by atoms with van der Waals surface area (Å²) in [5, 5.41) is 2.89. The van der Waals surface area contributed by atoms with E-state index < -0.39 is 16.1 Å². The van der Waals surface area contributed by atoms with Crippen molar-refractivity contribution in [2.75, 3.05) is 26.8 Å². The fraction of sp³-hybridized carbons (Fsp3) is 0.310. The van der Waals surface area contributed by atoms with Crippen LogP contribution in [0.25, 0.3) is 0 Å². The van der Waals surface area contributed by atoms with Gasteiger partial charge in [0.05, 0.1) is 11.5 Å². The van der Waals surface area contributed by atoms with Crippen LogP contribution in [-0.2, 0) is 37.3 Å². The van der Waals surface area contributed by atoms with E-state index in [-0.39, 0.29) is 29.7 Å². The molecule has 1 atom stereocenters. The minimum Gasteiger partial charge on any atom is -0.383 e.